The van der Waals surface area contributed by atoms with Crippen molar-refractivity contribution in [1.82, 2.24) is 20.2 Å². The lowest BCUT2D eigenvalue weighted by Gasteiger charge is -2.38. The molecule has 4 heterocycles. The van der Waals surface area contributed by atoms with Crippen molar-refractivity contribution < 1.29 is 9.53 Å². The minimum Gasteiger partial charge on any atom is -0.364 e. The van der Waals surface area contributed by atoms with Crippen molar-refractivity contribution in [2.45, 2.75) is 44.4 Å². The second-order valence-electron chi connectivity index (χ2n) is 9.04. The fourth-order valence-electron chi connectivity index (χ4n) is 4.76. The molecule has 1 saturated carbocycles. The number of aromatic nitrogens is 2. The van der Waals surface area contributed by atoms with Crippen LogP contribution in [0.15, 0.2) is 24.5 Å². The summed E-state index contributed by atoms with van der Waals surface area (Å²) in [7, 11) is 0. The SMILES string of the molecule is CC1CN(c2cnc(C#N)c3ncccc23)CC(C(=O)NC2CCN(CC3CC3)C2)O1. The molecular weight excluding hydrogens is 392 g/mol. The molecule has 8 nitrogen and oxygen atoms in total. The van der Waals surface area contributed by atoms with E-state index in [1.807, 2.05) is 19.1 Å². The summed E-state index contributed by atoms with van der Waals surface area (Å²) in [6.45, 7) is 6.25. The molecule has 1 N–H and O–H groups in total. The zero-order chi connectivity index (χ0) is 21.4. The van der Waals surface area contributed by atoms with Gasteiger partial charge in [-0.3, -0.25) is 9.78 Å². The van der Waals surface area contributed by atoms with E-state index >= 15 is 0 Å². The molecular formula is C23H28N6O2. The highest BCUT2D eigenvalue weighted by Gasteiger charge is 2.35. The Morgan fingerprint density at radius 3 is 2.97 bits per heavy atom. The molecule has 0 spiro atoms. The average Bonchev–Trinajstić information content (AvgIpc) is 3.49. The summed E-state index contributed by atoms with van der Waals surface area (Å²) in [5.41, 5.74) is 1.78. The van der Waals surface area contributed by atoms with Gasteiger partial charge in [-0.2, -0.15) is 5.26 Å². The van der Waals surface area contributed by atoms with Crippen molar-refractivity contribution in [1.29, 1.82) is 5.26 Å². The van der Waals surface area contributed by atoms with Crippen LogP contribution < -0.4 is 10.2 Å². The van der Waals surface area contributed by atoms with E-state index in [-0.39, 0.29) is 18.1 Å². The lowest BCUT2D eigenvalue weighted by Crippen LogP contribution is -2.54. The largest absolute Gasteiger partial charge is 0.364 e. The van der Waals surface area contributed by atoms with Gasteiger partial charge in [-0.1, -0.05) is 0 Å². The first kappa shape index (κ1) is 20.2. The predicted molar refractivity (Wildman–Crippen MR) is 117 cm³/mol. The van der Waals surface area contributed by atoms with Gasteiger partial charge in [0, 0.05) is 43.8 Å². The molecule has 3 atom stereocenters. The van der Waals surface area contributed by atoms with Gasteiger partial charge < -0.3 is 19.9 Å². The topological polar surface area (TPSA) is 94.4 Å². The standard InChI is InChI=1S/C23H28N6O2/c1-15-11-29(20-10-26-19(9-24)22-18(20)3-2-7-25-22)14-21(31-15)23(30)27-17-6-8-28(13-17)12-16-4-5-16/h2-3,7,10,15-17,21H,4-6,8,11-14H2,1H3,(H,27,30). The molecule has 0 bridgehead atoms. The summed E-state index contributed by atoms with van der Waals surface area (Å²) in [4.78, 5) is 26.3. The van der Waals surface area contributed by atoms with E-state index in [9.17, 15) is 10.1 Å². The van der Waals surface area contributed by atoms with Crippen molar-refractivity contribution in [3.63, 3.8) is 0 Å². The first-order valence-corrected chi connectivity index (χ1v) is 11.2. The van der Waals surface area contributed by atoms with Gasteiger partial charge in [0.1, 0.15) is 11.6 Å². The van der Waals surface area contributed by atoms with E-state index in [1.165, 1.54) is 19.4 Å². The van der Waals surface area contributed by atoms with E-state index in [0.717, 1.165) is 36.5 Å². The molecule has 1 aliphatic carbocycles. The zero-order valence-electron chi connectivity index (χ0n) is 17.8. The van der Waals surface area contributed by atoms with Crippen LogP contribution in [0.3, 0.4) is 0 Å². The number of carbonyl (C=O) groups is 1. The van der Waals surface area contributed by atoms with Gasteiger partial charge >= 0.3 is 0 Å². The molecule has 0 aromatic carbocycles. The molecule has 8 heteroatoms. The summed E-state index contributed by atoms with van der Waals surface area (Å²) >= 11 is 0. The number of hydrogen-bond acceptors (Lipinski definition) is 7. The van der Waals surface area contributed by atoms with E-state index in [1.54, 1.807) is 12.4 Å². The van der Waals surface area contributed by atoms with Gasteiger partial charge in [-0.05, 0) is 44.2 Å². The number of hydrogen-bond donors (Lipinski definition) is 1. The summed E-state index contributed by atoms with van der Waals surface area (Å²) in [6.07, 6.45) is 6.45. The zero-order valence-corrected chi connectivity index (χ0v) is 17.8. The van der Waals surface area contributed by atoms with Crippen LogP contribution in [0.4, 0.5) is 5.69 Å². The van der Waals surface area contributed by atoms with Crippen LogP contribution in [0.1, 0.15) is 31.9 Å². The Balaban J connectivity index is 1.29. The Hall–Kier alpha value is -2.76. The molecule has 31 heavy (non-hydrogen) atoms. The molecule has 3 unspecified atom stereocenters. The van der Waals surface area contributed by atoms with Gasteiger partial charge in [-0.25, -0.2) is 4.98 Å². The summed E-state index contributed by atoms with van der Waals surface area (Å²) in [6, 6.07) is 6.11. The Labute approximate surface area is 182 Å². The third kappa shape index (κ3) is 4.34. The number of amides is 1. The van der Waals surface area contributed by atoms with Crippen LogP contribution in [0.2, 0.25) is 0 Å². The van der Waals surface area contributed by atoms with Gasteiger partial charge in [0.15, 0.2) is 11.8 Å². The van der Waals surface area contributed by atoms with Gasteiger partial charge in [0.2, 0.25) is 0 Å². The summed E-state index contributed by atoms with van der Waals surface area (Å²) < 4.78 is 6.01. The second-order valence-corrected chi connectivity index (χ2v) is 9.04. The van der Waals surface area contributed by atoms with E-state index in [0.29, 0.717) is 24.3 Å². The molecule has 162 valence electrons. The van der Waals surface area contributed by atoms with Gasteiger partial charge in [0.25, 0.3) is 5.91 Å². The second kappa shape index (κ2) is 8.40. The summed E-state index contributed by atoms with van der Waals surface area (Å²) in [5, 5.41) is 13.4. The number of likely N-dealkylation sites (tertiary alicyclic amines) is 1. The molecule has 3 aliphatic rings. The number of carbonyl (C=O) groups excluding carboxylic acids is 1. The van der Waals surface area contributed by atoms with E-state index in [4.69, 9.17) is 4.74 Å². The smallest absolute Gasteiger partial charge is 0.251 e. The number of morpholine rings is 1. The number of nitrogens with zero attached hydrogens (tertiary/aromatic N) is 5. The van der Waals surface area contributed by atoms with E-state index in [2.05, 4.69) is 31.2 Å². The molecule has 1 amide bonds. The highest BCUT2D eigenvalue weighted by molar-refractivity contribution is 5.94. The Morgan fingerprint density at radius 2 is 2.16 bits per heavy atom. The molecule has 2 saturated heterocycles. The van der Waals surface area contributed by atoms with Crippen LogP contribution in [0, 0.1) is 17.2 Å². The van der Waals surface area contributed by atoms with Crippen LogP contribution in [-0.4, -0.2) is 71.7 Å². The number of fused-ring (bicyclic) bond motifs is 1. The van der Waals surface area contributed by atoms with Gasteiger partial charge in [0.05, 0.1) is 24.5 Å². The number of rotatable bonds is 5. The maximum absolute atomic E-state index is 13.0. The molecule has 0 radical (unpaired) electrons. The molecule has 3 fully saturated rings. The third-order valence-corrected chi connectivity index (χ3v) is 6.46. The fraction of sp³-hybridized carbons (Fsp3) is 0.565. The summed E-state index contributed by atoms with van der Waals surface area (Å²) in [5.74, 6) is 0.828. The van der Waals surface area contributed by atoms with Crippen LogP contribution in [0.25, 0.3) is 10.9 Å². The third-order valence-electron chi connectivity index (χ3n) is 6.46. The Morgan fingerprint density at radius 1 is 1.29 bits per heavy atom. The van der Waals surface area contributed by atoms with Crippen molar-refractivity contribution in [2.75, 3.05) is 37.6 Å². The van der Waals surface area contributed by atoms with Crippen LogP contribution in [0.5, 0.6) is 0 Å². The van der Waals surface area contributed by atoms with Gasteiger partial charge in [-0.15, -0.1) is 0 Å². The number of nitrogens with one attached hydrogen (secondary N) is 1. The number of nitriles is 1. The molecule has 2 aromatic heterocycles. The quantitative estimate of drug-likeness (QED) is 0.787. The van der Waals surface area contributed by atoms with E-state index < -0.39 is 6.10 Å². The minimum atomic E-state index is -0.538. The van der Waals surface area contributed by atoms with Crippen molar-refractivity contribution >= 4 is 22.5 Å². The van der Waals surface area contributed by atoms with Crippen molar-refractivity contribution in [3.8, 4) is 6.07 Å². The highest BCUT2D eigenvalue weighted by Crippen LogP contribution is 2.31. The Bertz CT molecular complexity index is 1020. The van der Waals surface area contributed by atoms with Crippen molar-refractivity contribution in [3.05, 3.63) is 30.2 Å². The number of anilines is 1. The predicted octanol–water partition coefficient (Wildman–Crippen LogP) is 1.70. The first-order valence-electron chi connectivity index (χ1n) is 11.2. The lowest BCUT2D eigenvalue weighted by molar-refractivity contribution is -0.138. The molecule has 5 rings (SSSR count). The van der Waals surface area contributed by atoms with Crippen LogP contribution >= 0.6 is 0 Å². The van der Waals surface area contributed by atoms with Crippen molar-refractivity contribution in [2.24, 2.45) is 5.92 Å². The average molecular weight is 421 g/mol. The Kier molecular flexibility index (Phi) is 5.47. The fourth-order valence-corrected chi connectivity index (χ4v) is 4.76. The molecule has 2 aromatic rings. The maximum atomic E-state index is 13.0. The lowest BCUT2D eigenvalue weighted by atomic mass is 10.1. The normalized spacial score (nSPS) is 26.7. The first-order chi connectivity index (χ1) is 15.1. The number of pyridine rings is 2. The monoisotopic (exact) mass is 420 g/mol. The highest BCUT2D eigenvalue weighted by atomic mass is 16.5. The minimum absolute atomic E-state index is 0.0427. The molecule has 2 aliphatic heterocycles. The maximum Gasteiger partial charge on any atom is 0.251 e. The van der Waals surface area contributed by atoms with Crippen LogP contribution in [-0.2, 0) is 9.53 Å². The number of ether oxygens (including phenoxy) is 1.